The maximum absolute atomic E-state index is 13.5. The summed E-state index contributed by atoms with van der Waals surface area (Å²) in [6.07, 6.45) is 1.65. The molecule has 3 aliphatic heterocycles. The van der Waals surface area contributed by atoms with Crippen LogP contribution in [0.5, 0.6) is 0 Å². The van der Waals surface area contributed by atoms with E-state index in [4.69, 9.17) is 27.9 Å². The normalized spacial score (nSPS) is 24.1. The van der Waals surface area contributed by atoms with Crippen LogP contribution in [0.15, 0.2) is 66.7 Å². The summed E-state index contributed by atoms with van der Waals surface area (Å²) in [5.41, 5.74) is 2.20. The second-order valence-electron chi connectivity index (χ2n) is 9.46. The molecule has 5 nitrogen and oxygen atoms in total. The van der Waals surface area contributed by atoms with Crippen LogP contribution in [0.2, 0.25) is 8.67 Å². The summed E-state index contributed by atoms with van der Waals surface area (Å²) >= 11 is 13.5. The van der Waals surface area contributed by atoms with Gasteiger partial charge < -0.3 is 14.5 Å². The molecule has 0 spiro atoms. The molecule has 2 bridgehead atoms. The Hall–Kier alpha value is -2.38. The molecule has 35 heavy (non-hydrogen) atoms. The first-order valence-corrected chi connectivity index (χ1v) is 13.4. The lowest BCUT2D eigenvalue weighted by atomic mass is 9.82. The third-order valence-electron chi connectivity index (χ3n) is 7.20. The van der Waals surface area contributed by atoms with Crippen molar-refractivity contribution in [1.82, 2.24) is 0 Å². The van der Waals surface area contributed by atoms with Gasteiger partial charge in [0, 0.05) is 24.4 Å². The van der Waals surface area contributed by atoms with Crippen molar-refractivity contribution in [3.63, 3.8) is 0 Å². The third kappa shape index (κ3) is 5.41. The number of quaternary nitrogens is 1. The molecule has 3 fully saturated rings. The minimum Gasteiger partial charge on any atom is -0.454 e. The van der Waals surface area contributed by atoms with E-state index in [9.17, 15) is 9.59 Å². The van der Waals surface area contributed by atoms with Crippen molar-refractivity contribution in [2.24, 2.45) is 5.92 Å². The largest absolute Gasteiger partial charge is 0.454 e. The molecule has 3 saturated heterocycles. The van der Waals surface area contributed by atoms with Crippen LogP contribution in [0.25, 0.3) is 0 Å². The molecule has 0 radical (unpaired) electrons. The van der Waals surface area contributed by atoms with Crippen molar-refractivity contribution in [2.75, 3.05) is 31.5 Å². The number of ketones is 1. The van der Waals surface area contributed by atoms with Crippen LogP contribution in [0.3, 0.4) is 0 Å². The fourth-order valence-electron chi connectivity index (χ4n) is 5.34. The number of rotatable bonds is 8. The van der Waals surface area contributed by atoms with E-state index in [1.54, 1.807) is 6.07 Å². The van der Waals surface area contributed by atoms with E-state index in [2.05, 4.69) is 5.32 Å². The van der Waals surface area contributed by atoms with Crippen LogP contribution in [0, 0.1) is 5.92 Å². The molecule has 8 heteroatoms. The van der Waals surface area contributed by atoms with E-state index >= 15 is 0 Å². The van der Waals surface area contributed by atoms with E-state index in [1.807, 2.05) is 60.7 Å². The Kier molecular flexibility index (Phi) is 7.17. The SMILES string of the molecule is O=C(C[N+]12CCC(CC1)[C@@H](OC(=O)[C@H](Nc1ccccc1)c1ccccc1)C2)c1cc(Cl)sc1Cl. The van der Waals surface area contributed by atoms with Gasteiger partial charge in [0.2, 0.25) is 5.78 Å². The molecule has 0 aliphatic carbocycles. The monoisotopic (exact) mass is 529 g/mol. The topological polar surface area (TPSA) is 55.4 Å². The number of benzene rings is 2. The van der Waals surface area contributed by atoms with Crippen molar-refractivity contribution in [3.8, 4) is 0 Å². The predicted molar refractivity (Wildman–Crippen MR) is 140 cm³/mol. The number of carbonyl (C=O) groups excluding carboxylic acids is 2. The first-order valence-electron chi connectivity index (χ1n) is 11.8. The van der Waals surface area contributed by atoms with Crippen LogP contribution in [-0.2, 0) is 9.53 Å². The molecule has 1 aromatic heterocycles. The number of thiophene rings is 1. The summed E-state index contributed by atoms with van der Waals surface area (Å²) in [4.78, 5) is 26.6. The molecule has 182 valence electrons. The number of nitrogens with zero attached hydrogens (tertiary/aromatic N) is 1. The van der Waals surface area contributed by atoms with Gasteiger partial charge >= 0.3 is 5.97 Å². The molecule has 1 N–H and O–H groups in total. The number of nitrogens with one attached hydrogen (secondary N) is 1. The van der Waals surface area contributed by atoms with Gasteiger partial charge in [0.25, 0.3) is 0 Å². The van der Waals surface area contributed by atoms with Gasteiger partial charge in [0.1, 0.15) is 17.4 Å². The number of hydrogen-bond donors (Lipinski definition) is 1. The summed E-state index contributed by atoms with van der Waals surface area (Å²) in [7, 11) is 0. The number of piperidine rings is 3. The zero-order valence-electron chi connectivity index (χ0n) is 19.2. The molecule has 6 rings (SSSR count). The fraction of sp³-hybridized carbons (Fsp3) is 0.333. The van der Waals surface area contributed by atoms with Gasteiger partial charge in [-0.2, -0.15) is 0 Å². The molecule has 2 atom stereocenters. The minimum atomic E-state index is -0.615. The molecule has 0 saturated carbocycles. The third-order valence-corrected chi connectivity index (χ3v) is 8.69. The molecule has 2 aromatic carbocycles. The van der Waals surface area contributed by atoms with Crippen LogP contribution < -0.4 is 5.32 Å². The Labute approximate surface area is 219 Å². The lowest BCUT2D eigenvalue weighted by Crippen LogP contribution is -2.65. The number of anilines is 1. The van der Waals surface area contributed by atoms with Crippen molar-refractivity contribution < 1.29 is 18.8 Å². The molecular weight excluding hydrogens is 503 g/mol. The molecular formula is C27H27Cl2N2O3S+. The zero-order chi connectivity index (χ0) is 24.4. The minimum absolute atomic E-state index is 0.00326. The molecule has 3 aromatic rings. The number of esters is 1. The maximum Gasteiger partial charge on any atom is 0.333 e. The molecule has 4 heterocycles. The van der Waals surface area contributed by atoms with Gasteiger partial charge in [-0.05, 0) is 23.8 Å². The molecule has 0 amide bonds. The lowest BCUT2D eigenvalue weighted by molar-refractivity contribution is -0.938. The van der Waals surface area contributed by atoms with E-state index in [0.717, 1.165) is 37.2 Å². The standard InChI is InChI=1S/C27H27Cl2N2O3S/c28-24-15-21(26(29)35-24)22(32)16-31-13-11-18(12-14-31)23(17-31)34-27(33)25(19-7-3-1-4-8-19)30-20-9-5-2-6-10-20/h1-10,15,18,23,25,30H,11-14,16-17H2/q+1/t18?,23-,25+,31?/m0/s1. The second-order valence-corrected chi connectivity index (χ2v) is 11.7. The summed E-state index contributed by atoms with van der Waals surface area (Å²) < 4.78 is 7.76. The number of fused-ring (bicyclic) bond motifs is 3. The zero-order valence-corrected chi connectivity index (χ0v) is 21.5. The summed E-state index contributed by atoms with van der Waals surface area (Å²) in [6.45, 7) is 2.80. The molecule has 0 unspecified atom stereocenters. The highest BCUT2D eigenvalue weighted by atomic mass is 35.5. The van der Waals surface area contributed by atoms with Crippen molar-refractivity contribution in [1.29, 1.82) is 0 Å². The summed E-state index contributed by atoms with van der Waals surface area (Å²) in [5.74, 6) is 0.0220. The van der Waals surface area contributed by atoms with E-state index in [-0.39, 0.29) is 17.9 Å². The van der Waals surface area contributed by atoms with Crippen LogP contribution in [-0.4, -0.2) is 48.5 Å². The summed E-state index contributed by atoms with van der Waals surface area (Å²) in [5, 5.41) is 3.34. The Balaban J connectivity index is 1.31. The number of ether oxygens (including phenoxy) is 1. The first-order chi connectivity index (χ1) is 16.9. The highest BCUT2D eigenvalue weighted by Gasteiger charge is 2.49. The number of hydrogen-bond acceptors (Lipinski definition) is 5. The Morgan fingerprint density at radius 2 is 1.69 bits per heavy atom. The van der Waals surface area contributed by atoms with Crippen molar-refractivity contribution in [2.45, 2.75) is 25.0 Å². The lowest BCUT2D eigenvalue weighted by Gasteiger charge is -2.51. The summed E-state index contributed by atoms with van der Waals surface area (Å²) in [6, 6.07) is 20.4. The van der Waals surface area contributed by atoms with E-state index < -0.39 is 6.04 Å². The Morgan fingerprint density at radius 3 is 2.31 bits per heavy atom. The Bertz CT molecular complexity index is 1190. The number of Topliss-reactive ketones (excluding diaryl/α,β-unsaturated/α-hetero) is 1. The van der Waals surface area contributed by atoms with Crippen molar-refractivity contribution in [3.05, 3.63) is 86.5 Å². The van der Waals surface area contributed by atoms with E-state index in [1.165, 1.54) is 11.3 Å². The van der Waals surface area contributed by atoms with Gasteiger partial charge in [-0.1, -0.05) is 71.7 Å². The second kappa shape index (κ2) is 10.3. The maximum atomic E-state index is 13.5. The average Bonchev–Trinajstić information content (AvgIpc) is 3.22. The van der Waals surface area contributed by atoms with Crippen LogP contribution in [0.4, 0.5) is 5.69 Å². The quantitative estimate of drug-likeness (QED) is 0.213. The average molecular weight is 530 g/mol. The van der Waals surface area contributed by atoms with Crippen molar-refractivity contribution >= 4 is 52.0 Å². The number of carbonyl (C=O) groups is 2. The van der Waals surface area contributed by atoms with Gasteiger partial charge in [-0.15, -0.1) is 11.3 Å². The van der Waals surface area contributed by atoms with E-state index in [0.29, 0.717) is 37.7 Å². The van der Waals surface area contributed by atoms with Gasteiger partial charge in [0.05, 0.1) is 23.0 Å². The van der Waals surface area contributed by atoms with Gasteiger partial charge in [-0.3, -0.25) is 4.79 Å². The smallest absolute Gasteiger partial charge is 0.333 e. The molecule has 3 aliphatic rings. The number of halogens is 2. The Morgan fingerprint density at radius 1 is 1.03 bits per heavy atom. The highest BCUT2D eigenvalue weighted by molar-refractivity contribution is 7.20. The highest BCUT2D eigenvalue weighted by Crippen LogP contribution is 2.38. The van der Waals surface area contributed by atoms with Gasteiger partial charge in [0.15, 0.2) is 12.1 Å². The predicted octanol–water partition coefficient (Wildman–Crippen LogP) is 6.24. The van der Waals surface area contributed by atoms with Gasteiger partial charge in [-0.25, -0.2) is 4.79 Å². The fourth-order valence-corrected chi connectivity index (χ4v) is 6.84. The first kappa shape index (κ1) is 24.3. The van der Waals surface area contributed by atoms with Crippen LogP contribution >= 0.6 is 34.5 Å². The number of para-hydroxylation sites is 1. The van der Waals surface area contributed by atoms with Crippen LogP contribution in [0.1, 0.15) is 34.8 Å².